The highest BCUT2D eigenvalue weighted by molar-refractivity contribution is 6.07. The molecule has 2 aliphatic heterocycles. The number of aliphatic hydroxyl groups is 1. The van der Waals surface area contributed by atoms with Crippen LogP contribution in [0.2, 0.25) is 0 Å². The standard InChI is InChI=1S/C21H24N2O7/c1-25-11-29-14-4-5-15(17(10-14)30-12-26-2)20-21(24)19(22-23-20)13-3-6-16-18(9-13)28-8-7-27-16/h3-6,9-10,19,21-22,24H,7-8,11-12H2,1-2H3/t19-,21+/m0/s1. The molecule has 9 nitrogen and oxygen atoms in total. The summed E-state index contributed by atoms with van der Waals surface area (Å²) in [5.74, 6) is 2.40. The number of aliphatic hydroxyl groups excluding tert-OH is 1. The molecule has 160 valence electrons. The van der Waals surface area contributed by atoms with Crippen molar-refractivity contribution in [3.05, 3.63) is 47.5 Å². The van der Waals surface area contributed by atoms with Crippen molar-refractivity contribution in [2.75, 3.05) is 41.0 Å². The van der Waals surface area contributed by atoms with E-state index in [4.69, 9.17) is 28.4 Å². The number of methoxy groups -OCH3 is 2. The van der Waals surface area contributed by atoms with Crippen molar-refractivity contribution in [3.8, 4) is 23.0 Å². The summed E-state index contributed by atoms with van der Waals surface area (Å²) in [7, 11) is 3.08. The molecule has 2 N–H and O–H groups in total. The lowest BCUT2D eigenvalue weighted by Crippen LogP contribution is -2.28. The molecule has 30 heavy (non-hydrogen) atoms. The van der Waals surface area contributed by atoms with Crippen molar-refractivity contribution in [3.63, 3.8) is 0 Å². The zero-order chi connectivity index (χ0) is 20.9. The number of hydrogen-bond donors (Lipinski definition) is 2. The molecule has 0 aliphatic carbocycles. The maximum atomic E-state index is 11.0. The van der Waals surface area contributed by atoms with Crippen LogP contribution in [-0.4, -0.2) is 57.9 Å². The predicted octanol–water partition coefficient (Wildman–Crippen LogP) is 1.83. The predicted molar refractivity (Wildman–Crippen MR) is 107 cm³/mol. The number of benzene rings is 2. The summed E-state index contributed by atoms with van der Waals surface area (Å²) < 4.78 is 32.3. The first kappa shape index (κ1) is 20.3. The highest BCUT2D eigenvalue weighted by Gasteiger charge is 2.34. The number of nitrogens with one attached hydrogen (secondary N) is 1. The zero-order valence-electron chi connectivity index (χ0n) is 16.8. The van der Waals surface area contributed by atoms with E-state index in [1.165, 1.54) is 7.11 Å². The van der Waals surface area contributed by atoms with Crippen LogP contribution in [0.1, 0.15) is 17.2 Å². The Morgan fingerprint density at radius 2 is 1.77 bits per heavy atom. The van der Waals surface area contributed by atoms with Gasteiger partial charge in [-0.3, -0.25) is 5.43 Å². The van der Waals surface area contributed by atoms with Crippen LogP contribution in [-0.2, 0) is 9.47 Å². The highest BCUT2D eigenvalue weighted by Crippen LogP contribution is 2.36. The van der Waals surface area contributed by atoms with E-state index in [0.717, 1.165) is 5.56 Å². The number of hydrogen-bond acceptors (Lipinski definition) is 9. The largest absolute Gasteiger partial charge is 0.486 e. The van der Waals surface area contributed by atoms with Crippen LogP contribution in [0.25, 0.3) is 0 Å². The van der Waals surface area contributed by atoms with E-state index in [-0.39, 0.29) is 13.6 Å². The van der Waals surface area contributed by atoms with E-state index >= 15 is 0 Å². The molecule has 2 atom stereocenters. The SMILES string of the molecule is COCOc1ccc(C2=NN[C@@H](c3ccc4c(c3)OCCO4)[C@H]2O)c(OCOC)c1. The number of hydrazone groups is 1. The minimum Gasteiger partial charge on any atom is -0.486 e. The van der Waals surface area contributed by atoms with Crippen LogP contribution >= 0.6 is 0 Å². The van der Waals surface area contributed by atoms with E-state index in [9.17, 15) is 5.11 Å². The van der Waals surface area contributed by atoms with Gasteiger partial charge in [0, 0.05) is 25.8 Å². The Bertz CT molecular complexity index is 918. The van der Waals surface area contributed by atoms with Gasteiger partial charge in [0.05, 0.1) is 0 Å². The van der Waals surface area contributed by atoms with Gasteiger partial charge in [0.15, 0.2) is 25.1 Å². The van der Waals surface area contributed by atoms with E-state index in [2.05, 4.69) is 10.5 Å². The van der Waals surface area contributed by atoms with Gasteiger partial charge in [-0.15, -0.1) is 0 Å². The molecule has 0 unspecified atom stereocenters. The van der Waals surface area contributed by atoms with Crippen LogP contribution in [0.3, 0.4) is 0 Å². The molecule has 2 aromatic carbocycles. The number of nitrogens with zero attached hydrogens (tertiary/aromatic N) is 1. The topological polar surface area (TPSA) is 100 Å². The summed E-state index contributed by atoms with van der Waals surface area (Å²) in [6.45, 7) is 1.18. The second-order valence-electron chi connectivity index (χ2n) is 6.71. The molecule has 2 aliphatic rings. The Labute approximate surface area is 174 Å². The van der Waals surface area contributed by atoms with Crippen molar-refractivity contribution < 1.29 is 33.5 Å². The maximum Gasteiger partial charge on any atom is 0.188 e. The van der Waals surface area contributed by atoms with Crippen molar-refractivity contribution in [2.45, 2.75) is 12.1 Å². The molecule has 0 radical (unpaired) electrons. The summed E-state index contributed by atoms with van der Waals surface area (Å²) in [6, 6.07) is 10.4. The summed E-state index contributed by atoms with van der Waals surface area (Å²) in [4.78, 5) is 0. The van der Waals surface area contributed by atoms with Gasteiger partial charge in [0.25, 0.3) is 0 Å². The van der Waals surface area contributed by atoms with Crippen molar-refractivity contribution >= 4 is 5.71 Å². The Morgan fingerprint density at radius 1 is 1.00 bits per heavy atom. The van der Waals surface area contributed by atoms with Gasteiger partial charge in [-0.25, -0.2) is 0 Å². The third-order valence-corrected chi connectivity index (χ3v) is 4.75. The number of rotatable bonds is 8. The van der Waals surface area contributed by atoms with Crippen LogP contribution in [0.5, 0.6) is 23.0 Å². The van der Waals surface area contributed by atoms with Crippen LogP contribution in [0, 0.1) is 0 Å². The third-order valence-electron chi connectivity index (χ3n) is 4.75. The molecule has 0 fully saturated rings. The molecule has 2 aromatic rings. The van der Waals surface area contributed by atoms with Crippen LogP contribution in [0.4, 0.5) is 0 Å². The molecule has 2 heterocycles. The lowest BCUT2D eigenvalue weighted by Gasteiger charge is -2.22. The highest BCUT2D eigenvalue weighted by atomic mass is 16.7. The summed E-state index contributed by atoms with van der Waals surface area (Å²) in [5, 5.41) is 15.4. The zero-order valence-corrected chi connectivity index (χ0v) is 16.8. The lowest BCUT2D eigenvalue weighted by molar-refractivity contribution is 0.0459. The van der Waals surface area contributed by atoms with Gasteiger partial charge in [0.1, 0.15) is 42.6 Å². The van der Waals surface area contributed by atoms with Crippen molar-refractivity contribution in [1.29, 1.82) is 0 Å². The van der Waals surface area contributed by atoms with Gasteiger partial charge >= 0.3 is 0 Å². The molecule has 0 saturated heterocycles. The quantitative estimate of drug-likeness (QED) is 0.629. The Morgan fingerprint density at radius 3 is 2.57 bits per heavy atom. The lowest BCUT2D eigenvalue weighted by atomic mass is 9.95. The molecule has 9 heteroatoms. The maximum absolute atomic E-state index is 11.0. The summed E-state index contributed by atoms with van der Waals surface area (Å²) in [5.41, 5.74) is 4.95. The Hall–Kier alpha value is -3.01. The molecular weight excluding hydrogens is 392 g/mol. The van der Waals surface area contributed by atoms with Gasteiger partial charge < -0.3 is 33.5 Å². The fourth-order valence-corrected chi connectivity index (χ4v) is 3.34. The number of fused-ring (bicyclic) bond motifs is 1. The molecule has 0 aromatic heterocycles. The molecule has 0 bridgehead atoms. The monoisotopic (exact) mass is 416 g/mol. The fourth-order valence-electron chi connectivity index (χ4n) is 3.34. The van der Waals surface area contributed by atoms with Crippen LogP contribution < -0.4 is 24.4 Å². The third kappa shape index (κ3) is 4.13. The normalized spacial score (nSPS) is 19.8. The molecule has 4 rings (SSSR count). The van der Waals surface area contributed by atoms with Crippen molar-refractivity contribution in [2.24, 2.45) is 5.10 Å². The van der Waals surface area contributed by atoms with Crippen molar-refractivity contribution in [1.82, 2.24) is 5.43 Å². The Kier molecular flexibility index (Phi) is 6.22. The first-order valence-electron chi connectivity index (χ1n) is 9.50. The van der Waals surface area contributed by atoms with Crippen LogP contribution in [0.15, 0.2) is 41.5 Å². The molecule has 0 saturated carbocycles. The van der Waals surface area contributed by atoms with E-state index in [1.54, 1.807) is 25.3 Å². The van der Waals surface area contributed by atoms with Gasteiger partial charge in [-0.1, -0.05) is 6.07 Å². The first-order valence-corrected chi connectivity index (χ1v) is 9.50. The fraction of sp³-hybridized carbons (Fsp3) is 0.381. The first-order chi connectivity index (χ1) is 14.7. The van der Waals surface area contributed by atoms with E-state index in [0.29, 0.717) is 47.5 Å². The molecular formula is C21H24N2O7. The van der Waals surface area contributed by atoms with E-state index < -0.39 is 12.1 Å². The average Bonchev–Trinajstić information content (AvgIpc) is 3.17. The van der Waals surface area contributed by atoms with Gasteiger partial charge in [-0.2, -0.15) is 5.10 Å². The second kappa shape index (κ2) is 9.21. The molecule has 0 amide bonds. The average molecular weight is 416 g/mol. The second-order valence-corrected chi connectivity index (χ2v) is 6.71. The Balaban J connectivity index is 1.57. The minimum absolute atomic E-state index is 0.0448. The molecule has 0 spiro atoms. The van der Waals surface area contributed by atoms with Gasteiger partial charge in [-0.05, 0) is 29.8 Å². The smallest absolute Gasteiger partial charge is 0.188 e. The number of ether oxygens (including phenoxy) is 6. The van der Waals surface area contributed by atoms with Gasteiger partial charge in [0.2, 0.25) is 0 Å². The summed E-state index contributed by atoms with van der Waals surface area (Å²) >= 11 is 0. The van der Waals surface area contributed by atoms with E-state index in [1.807, 2.05) is 18.2 Å². The summed E-state index contributed by atoms with van der Waals surface area (Å²) in [6.07, 6.45) is -0.900. The minimum atomic E-state index is -0.900.